The first-order chi connectivity index (χ1) is 11.6. The molecule has 126 valence electrons. The topological polar surface area (TPSA) is 32.7 Å². The normalized spacial score (nSPS) is 23.3. The number of aliphatic hydroxyl groups is 1. The summed E-state index contributed by atoms with van der Waals surface area (Å²) in [7, 11) is 0. The summed E-state index contributed by atoms with van der Waals surface area (Å²) < 4.78 is 33.2. The molecule has 2 aliphatic heterocycles. The van der Waals surface area contributed by atoms with E-state index in [0.717, 1.165) is 29.9 Å². The fourth-order valence-corrected chi connectivity index (χ4v) is 3.72. The summed E-state index contributed by atoms with van der Waals surface area (Å²) in [5, 5.41) is 10.0. The largest absolute Gasteiger partial charge is 0.493 e. The van der Waals surface area contributed by atoms with Crippen LogP contribution >= 0.6 is 0 Å². The van der Waals surface area contributed by atoms with Crippen LogP contribution in [0, 0.1) is 11.6 Å². The molecule has 2 aliphatic rings. The van der Waals surface area contributed by atoms with Gasteiger partial charge in [0.2, 0.25) is 0 Å². The number of halogens is 2. The van der Waals surface area contributed by atoms with Crippen LogP contribution in [0.25, 0.3) is 0 Å². The van der Waals surface area contributed by atoms with Gasteiger partial charge in [-0.2, -0.15) is 0 Å². The number of rotatable bonds is 3. The molecule has 0 radical (unpaired) electrons. The molecule has 5 heteroatoms. The van der Waals surface area contributed by atoms with E-state index in [2.05, 4.69) is 6.07 Å². The Labute approximate surface area is 139 Å². The molecule has 1 N–H and O–H groups in total. The first kappa shape index (κ1) is 15.5. The van der Waals surface area contributed by atoms with Crippen molar-refractivity contribution in [3.8, 4) is 5.75 Å². The first-order valence-electron chi connectivity index (χ1n) is 8.22. The van der Waals surface area contributed by atoms with E-state index in [1.807, 2.05) is 17.0 Å². The fourth-order valence-electron chi connectivity index (χ4n) is 3.72. The van der Waals surface area contributed by atoms with Crippen molar-refractivity contribution in [2.75, 3.05) is 13.2 Å². The van der Waals surface area contributed by atoms with E-state index >= 15 is 0 Å². The van der Waals surface area contributed by atoms with Crippen molar-refractivity contribution in [2.45, 2.75) is 31.5 Å². The molecule has 0 amide bonds. The van der Waals surface area contributed by atoms with Crippen LogP contribution in [0.2, 0.25) is 0 Å². The maximum Gasteiger partial charge on any atom is 0.128 e. The van der Waals surface area contributed by atoms with Crippen molar-refractivity contribution in [2.24, 2.45) is 0 Å². The number of nitrogens with zero attached hydrogens (tertiary/aromatic N) is 1. The van der Waals surface area contributed by atoms with Gasteiger partial charge in [-0.1, -0.05) is 12.1 Å². The predicted octanol–water partition coefficient (Wildman–Crippen LogP) is 3.21. The van der Waals surface area contributed by atoms with Gasteiger partial charge >= 0.3 is 0 Å². The Hall–Kier alpha value is -1.98. The molecule has 4 rings (SSSR count). The number of hydrogen-bond acceptors (Lipinski definition) is 3. The smallest absolute Gasteiger partial charge is 0.128 e. The van der Waals surface area contributed by atoms with Gasteiger partial charge in [0.05, 0.1) is 12.7 Å². The van der Waals surface area contributed by atoms with Crippen LogP contribution in [0.15, 0.2) is 36.4 Å². The quantitative estimate of drug-likeness (QED) is 0.937. The summed E-state index contributed by atoms with van der Waals surface area (Å²) in [5.41, 5.74) is 2.59. The minimum absolute atomic E-state index is 0.316. The maximum atomic E-state index is 14.1. The molecule has 1 fully saturated rings. The molecule has 0 bridgehead atoms. The monoisotopic (exact) mass is 331 g/mol. The summed E-state index contributed by atoms with van der Waals surface area (Å²) in [6.07, 6.45) is 0.776. The number of β-amino-alcohol motifs (C(OH)–C–C–N with tert-alkyl or cyclic N) is 1. The van der Waals surface area contributed by atoms with Crippen molar-refractivity contribution in [3.05, 3.63) is 64.7 Å². The Morgan fingerprint density at radius 2 is 2.04 bits per heavy atom. The van der Waals surface area contributed by atoms with Gasteiger partial charge in [-0.05, 0) is 41.8 Å². The highest BCUT2D eigenvalue weighted by molar-refractivity contribution is 5.40. The minimum atomic E-state index is -0.532. The van der Waals surface area contributed by atoms with Crippen LogP contribution in [-0.4, -0.2) is 29.3 Å². The molecule has 2 heterocycles. The van der Waals surface area contributed by atoms with Crippen molar-refractivity contribution < 1.29 is 18.6 Å². The molecule has 2 aromatic rings. The molecule has 24 heavy (non-hydrogen) atoms. The SMILES string of the molecule is OC1CC(c2cc(F)ccc2F)N(Cc2ccc3c(c2)CCO3)C1. The minimum Gasteiger partial charge on any atom is -0.493 e. The molecule has 2 aromatic carbocycles. The fraction of sp³-hybridized carbons (Fsp3) is 0.368. The van der Waals surface area contributed by atoms with Gasteiger partial charge in [0.25, 0.3) is 0 Å². The molecular weight excluding hydrogens is 312 g/mol. The summed E-state index contributed by atoms with van der Waals surface area (Å²) in [5.74, 6) is 0.0400. The predicted molar refractivity (Wildman–Crippen MR) is 85.8 cm³/mol. The molecule has 2 unspecified atom stereocenters. The van der Waals surface area contributed by atoms with Gasteiger partial charge in [-0.25, -0.2) is 8.78 Å². The second kappa shape index (κ2) is 6.15. The zero-order chi connectivity index (χ0) is 16.7. The Bertz CT molecular complexity index is 765. The van der Waals surface area contributed by atoms with E-state index in [4.69, 9.17) is 4.74 Å². The number of ether oxygens (including phenoxy) is 1. The van der Waals surface area contributed by atoms with E-state index in [1.54, 1.807) is 0 Å². The molecular formula is C19H19F2NO2. The van der Waals surface area contributed by atoms with Crippen LogP contribution in [0.3, 0.4) is 0 Å². The molecule has 2 atom stereocenters. The summed E-state index contributed by atoms with van der Waals surface area (Å²) >= 11 is 0. The van der Waals surface area contributed by atoms with E-state index in [0.29, 0.717) is 31.7 Å². The summed E-state index contributed by atoms with van der Waals surface area (Å²) in [4.78, 5) is 2.01. The lowest BCUT2D eigenvalue weighted by Crippen LogP contribution is -2.25. The third-order valence-electron chi connectivity index (χ3n) is 4.84. The van der Waals surface area contributed by atoms with Crippen molar-refractivity contribution in [1.82, 2.24) is 4.90 Å². The van der Waals surface area contributed by atoms with E-state index in [-0.39, 0.29) is 6.04 Å². The highest BCUT2D eigenvalue weighted by Gasteiger charge is 2.34. The van der Waals surface area contributed by atoms with E-state index in [1.165, 1.54) is 11.6 Å². The Morgan fingerprint density at radius 3 is 2.92 bits per heavy atom. The lowest BCUT2D eigenvalue weighted by atomic mass is 10.0. The molecule has 3 nitrogen and oxygen atoms in total. The molecule has 0 aliphatic carbocycles. The van der Waals surface area contributed by atoms with Crippen LogP contribution in [0.1, 0.15) is 29.2 Å². The highest BCUT2D eigenvalue weighted by Crippen LogP contribution is 2.36. The van der Waals surface area contributed by atoms with Gasteiger partial charge in [0.1, 0.15) is 17.4 Å². The lowest BCUT2D eigenvalue weighted by Gasteiger charge is -2.25. The zero-order valence-corrected chi connectivity index (χ0v) is 13.2. The Morgan fingerprint density at radius 1 is 1.17 bits per heavy atom. The number of fused-ring (bicyclic) bond motifs is 1. The third-order valence-corrected chi connectivity index (χ3v) is 4.84. The molecule has 0 aromatic heterocycles. The zero-order valence-electron chi connectivity index (χ0n) is 13.2. The third kappa shape index (κ3) is 2.89. The van der Waals surface area contributed by atoms with Gasteiger partial charge < -0.3 is 9.84 Å². The average Bonchev–Trinajstić information content (AvgIpc) is 3.16. The van der Waals surface area contributed by atoms with Crippen LogP contribution in [0.4, 0.5) is 8.78 Å². The molecule has 1 saturated heterocycles. The van der Waals surface area contributed by atoms with Gasteiger partial charge in [0, 0.05) is 31.1 Å². The van der Waals surface area contributed by atoms with Gasteiger partial charge in [0.15, 0.2) is 0 Å². The number of hydrogen-bond donors (Lipinski definition) is 1. The van der Waals surface area contributed by atoms with Crippen LogP contribution < -0.4 is 4.74 Å². The molecule has 0 spiro atoms. The molecule has 0 saturated carbocycles. The second-order valence-corrected chi connectivity index (χ2v) is 6.54. The average molecular weight is 331 g/mol. The van der Waals surface area contributed by atoms with E-state index < -0.39 is 17.7 Å². The van der Waals surface area contributed by atoms with Crippen LogP contribution in [-0.2, 0) is 13.0 Å². The summed E-state index contributed by atoms with van der Waals surface area (Å²) in [6.45, 7) is 1.75. The van der Waals surface area contributed by atoms with Crippen LogP contribution in [0.5, 0.6) is 5.75 Å². The van der Waals surface area contributed by atoms with E-state index in [9.17, 15) is 13.9 Å². The standard InChI is InChI=1S/C19H19F2NO2/c20-14-2-3-17(21)16(8-14)18-9-15(23)11-22(18)10-12-1-4-19-13(7-12)5-6-24-19/h1-4,7-8,15,18,23H,5-6,9-11H2. The van der Waals surface area contributed by atoms with Crippen molar-refractivity contribution in [1.29, 1.82) is 0 Å². The lowest BCUT2D eigenvalue weighted by molar-refractivity contribution is 0.172. The Balaban J connectivity index is 1.60. The van der Waals surface area contributed by atoms with Crippen molar-refractivity contribution in [3.63, 3.8) is 0 Å². The summed E-state index contributed by atoms with van der Waals surface area (Å²) in [6, 6.07) is 9.25. The number of likely N-dealkylation sites (tertiary alicyclic amines) is 1. The second-order valence-electron chi connectivity index (χ2n) is 6.54. The Kier molecular flexibility index (Phi) is 3.98. The first-order valence-corrected chi connectivity index (χ1v) is 8.22. The number of benzene rings is 2. The maximum absolute atomic E-state index is 14.1. The van der Waals surface area contributed by atoms with Gasteiger partial charge in [-0.3, -0.25) is 4.90 Å². The van der Waals surface area contributed by atoms with Gasteiger partial charge in [-0.15, -0.1) is 0 Å². The highest BCUT2D eigenvalue weighted by atomic mass is 19.1. The van der Waals surface area contributed by atoms with Crippen molar-refractivity contribution >= 4 is 0 Å². The number of aliphatic hydroxyl groups excluding tert-OH is 1.